The quantitative estimate of drug-likeness (QED) is 0.786. The van der Waals surface area contributed by atoms with Crippen molar-refractivity contribution < 1.29 is 14.3 Å². The number of hydrogen-bond acceptors (Lipinski definition) is 3. The van der Waals surface area contributed by atoms with E-state index in [1.54, 1.807) is 36.4 Å². The monoisotopic (exact) mass is 354 g/mol. The number of benzene rings is 2. The van der Waals surface area contributed by atoms with Gasteiger partial charge in [-0.25, -0.2) is 0 Å². The average molecular weight is 354 g/mol. The molecule has 2 aromatic carbocycles. The average Bonchev–Trinajstić information content (AvgIpc) is 2.61. The molecule has 0 aliphatic rings. The highest BCUT2D eigenvalue weighted by atomic mass is 16.5. The van der Waals surface area contributed by atoms with Gasteiger partial charge in [0.1, 0.15) is 5.75 Å². The molecule has 2 amide bonds. The number of carbonyl (C=O) groups excluding carboxylic acids is 2. The van der Waals surface area contributed by atoms with Gasteiger partial charge >= 0.3 is 0 Å². The molecule has 0 spiro atoms. The molecule has 2 rings (SSSR count). The normalized spacial score (nSPS) is 10.7. The first-order chi connectivity index (χ1) is 12.3. The fraction of sp³-hybridized carbons (Fsp3) is 0.333. The standard InChI is InChI=1S/C21H26N2O3/c1-14(2)13-22-20(24)16-6-5-7-17(12-16)21(25)23-18-8-10-19(11-9-18)26-15(3)4/h5-12,14-15H,13H2,1-4H3,(H,22,24)(H,23,25). The lowest BCUT2D eigenvalue weighted by Gasteiger charge is -2.11. The summed E-state index contributed by atoms with van der Waals surface area (Å²) < 4.78 is 5.58. The van der Waals surface area contributed by atoms with Gasteiger partial charge in [-0.15, -0.1) is 0 Å². The van der Waals surface area contributed by atoms with E-state index in [4.69, 9.17) is 4.74 Å². The number of anilines is 1. The lowest BCUT2D eigenvalue weighted by molar-refractivity contribution is 0.0949. The minimum atomic E-state index is -0.263. The van der Waals surface area contributed by atoms with Crippen molar-refractivity contribution in [2.24, 2.45) is 5.92 Å². The molecule has 0 heterocycles. The van der Waals surface area contributed by atoms with Crippen molar-refractivity contribution in [1.29, 1.82) is 0 Å². The minimum absolute atomic E-state index is 0.0972. The molecule has 0 radical (unpaired) electrons. The molecule has 0 aromatic heterocycles. The van der Waals surface area contributed by atoms with Crippen molar-refractivity contribution in [1.82, 2.24) is 5.32 Å². The molecule has 138 valence electrons. The Bertz CT molecular complexity index is 752. The van der Waals surface area contributed by atoms with Crippen molar-refractivity contribution >= 4 is 17.5 Å². The van der Waals surface area contributed by atoms with Gasteiger partial charge in [-0.05, 0) is 62.2 Å². The molecule has 0 bridgehead atoms. The molecule has 0 unspecified atom stereocenters. The first-order valence-corrected chi connectivity index (χ1v) is 8.81. The third kappa shape index (κ3) is 5.92. The van der Waals surface area contributed by atoms with Crippen LogP contribution in [0, 0.1) is 5.92 Å². The Morgan fingerprint density at radius 2 is 1.54 bits per heavy atom. The van der Waals surface area contributed by atoms with E-state index in [-0.39, 0.29) is 17.9 Å². The summed E-state index contributed by atoms with van der Waals surface area (Å²) >= 11 is 0. The third-order valence-corrected chi connectivity index (χ3v) is 3.54. The number of hydrogen-bond donors (Lipinski definition) is 2. The van der Waals surface area contributed by atoms with Crippen LogP contribution in [0.2, 0.25) is 0 Å². The second-order valence-electron chi connectivity index (χ2n) is 6.83. The summed E-state index contributed by atoms with van der Waals surface area (Å²) in [5.74, 6) is 0.680. The Morgan fingerprint density at radius 1 is 0.923 bits per heavy atom. The van der Waals surface area contributed by atoms with Gasteiger partial charge in [-0.2, -0.15) is 0 Å². The van der Waals surface area contributed by atoms with Gasteiger partial charge in [0.2, 0.25) is 0 Å². The van der Waals surface area contributed by atoms with Crippen LogP contribution in [-0.2, 0) is 0 Å². The molecule has 5 nitrogen and oxygen atoms in total. The molecule has 26 heavy (non-hydrogen) atoms. The van der Waals surface area contributed by atoms with Crippen LogP contribution in [0.3, 0.4) is 0 Å². The smallest absolute Gasteiger partial charge is 0.255 e. The van der Waals surface area contributed by atoms with Crippen LogP contribution < -0.4 is 15.4 Å². The fourth-order valence-electron chi connectivity index (χ4n) is 2.29. The summed E-state index contributed by atoms with van der Waals surface area (Å²) in [4.78, 5) is 24.6. The molecule has 2 N–H and O–H groups in total. The Balaban J connectivity index is 2.03. The summed E-state index contributed by atoms with van der Waals surface area (Å²) in [7, 11) is 0. The number of nitrogens with one attached hydrogen (secondary N) is 2. The van der Waals surface area contributed by atoms with E-state index in [9.17, 15) is 9.59 Å². The SMILES string of the molecule is CC(C)CNC(=O)c1cccc(C(=O)Nc2ccc(OC(C)C)cc2)c1. The molecular weight excluding hydrogens is 328 g/mol. The minimum Gasteiger partial charge on any atom is -0.491 e. The molecule has 0 aliphatic carbocycles. The van der Waals surface area contributed by atoms with Crippen LogP contribution >= 0.6 is 0 Å². The van der Waals surface area contributed by atoms with Crippen LogP contribution in [-0.4, -0.2) is 24.5 Å². The van der Waals surface area contributed by atoms with Gasteiger partial charge < -0.3 is 15.4 Å². The zero-order valence-electron chi connectivity index (χ0n) is 15.7. The molecule has 5 heteroatoms. The number of carbonyl (C=O) groups is 2. The van der Waals surface area contributed by atoms with Crippen molar-refractivity contribution in [3.05, 3.63) is 59.7 Å². The van der Waals surface area contributed by atoms with E-state index < -0.39 is 0 Å². The van der Waals surface area contributed by atoms with E-state index in [0.717, 1.165) is 5.75 Å². The third-order valence-electron chi connectivity index (χ3n) is 3.54. The van der Waals surface area contributed by atoms with Crippen molar-refractivity contribution in [2.45, 2.75) is 33.8 Å². The van der Waals surface area contributed by atoms with Crippen molar-refractivity contribution in [3.63, 3.8) is 0 Å². The maximum atomic E-state index is 12.4. The molecule has 0 atom stereocenters. The zero-order chi connectivity index (χ0) is 19.1. The lowest BCUT2D eigenvalue weighted by atomic mass is 10.1. The summed E-state index contributed by atoms with van der Waals surface area (Å²) in [6.45, 7) is 8.57. The molecule has 0 fully saturated rings. The predicted molar refractivity (Wildman–Crippen MR) is 104 cm³/mol. The van der Waals surface area contributed by atoms with Gasteiger partial charge in [0.05, 0.1) is 6.10 Å². The summed E-state index contributed by atoms with van der Waals surface area (Å²) in [6.07, 6.45) is 0.0972. The predicted octanol–water partition coefficient (Wildman–Crippen LogP) is 4.11. The second kappa shape index (κ2) is 9.04. The van der Waals surface area contributed by atoms with Gasteiger partial charge in [-0.3, -0.25) is 9.59 Å². The van der Waals surface area contributed by atoms with Crippen LogP contribution in [0.15, 0.2) is 48.5 Å². The highest BCUT2D eigenvalue weighted by Gasteiger charge is 2.11. The van der Waals surface area contributed by atoms with E-state index in [2.05, 4.69) is 10.6 Å². The first-order valence-electron chi connectivity index (χ1n) is 8.81. The van der Waals surface area contributed by atoms with E-state index in [1.165, 1.54) is 0 Å². The Hall–Kier alpha value is -2.82. The van der Waals surface area contributed by atoms with Gasteiger partial charge in [-0.1, -0.05) is 19.9 Å². The second-order valence-corrected chi connectivity index (χ2v) is 6.83. The first kappa shape index (κ1) is 19.5. The van der Waals surface area contributed by atoms with Gasteiger partial charge in [0.25, 0.3) is 11.8 Å². The number of amides is 2. The highest BCUT2D eigenvalue weighted by Crippen LogP contribution is 2.18. The fourth-order valence-corrected chi connectivity index (χ4v) is 2.29. The van der Waals surface area contributed by atoms with E-state index >= 15 is 0 Å². The topological polar surface area (TPSA) is 67.4 Å². The van der Waals surface area contributed by atoms with Gasteiger partial charge in [0.15, 0.2) is 0 Å². The summed E-state index contributed by atoms with van der Waals surface area (Å²) in [5, 5.41) is 5.68. The maximum absolute atomic E-state index is 12.4. The lowest BCUT2D eigenvalue weighted by Crippen LogP contribution is -2.27. The molecular formula is C21H26N2O3. The molecule has 0 saturated carbocycles. The zero-order valence-corrected chi connectivity index (χ0v) is 15.7. The Kier molecular flexibility index (Phi) is 6.78. The highest BCUT2D eigenvalue weighted by molar-refractivity contribution is 6.06. The van der Waals surface area contributed by atoms with Gasteiger partial charge in [0, 0.05) is 23.4 Å². The molecule has 0 saturated heterocycles. The molecule has 0 aliphatic heterocycles. The van der Waals surface area contributed by atoms with Crippen LogP contribution in [0.4, 0.5) is 5.69 Å². The van der Waals surface area contributed by atoms with Crippen LogP contribution in [0.25, 0.3) is 0 Å². The number of ether oxygens (including phenoxy) is 1. The van der Waals surface area contributed by atoms with Crippen molar-refractivity contribution in [3.8, 4) is 5.75 Å². The Morgan fingerprint density at radius 3 is 2.12 bits per heavy atom. The summed E-state index contributed by atoms with van der Waals surface area (Å²) in [5.41, 5.74) is 1.57. The van der Waals surface area contributed by atoms with E-state index in [1.807, 2.05) is 39.8 Å². The largest absolute Gasteiger partial charge is 0.491 e. The number of rotatable bonds is 7. The Labute approximate surface area is 154 Å². The van der Waals surface area contributed by atoms with Crippen LogP contribution in [0.5, 0.6) is 5.75 Å². The van der Waals surface area contributed by atoms with Crippen molar-refractivity contribution in [2.75, 3.05) is 11.9 Å². The summed E-state index contributed by atoms with van der Waals surface area (Å²) in [6, 6.07) is 13.9. The van der Waals surface area contributed by atoms with Crippen LogP contribution in [0.1, 0.15) is 48.4 Å². The molecule has 2 aromatic rings. The maximum Gasteiger partial charge on any atom is 0.255 e. The van der Waals surface area contributed by atoms with E-state index in [0.29, 0.717) is 29.3 Å².